The van der Waals surface area contributed by atoms with Crippen LogP contribution in [0.15, 0.2) is 34.9 Å². The van der Waals surface area contributed by atoms with Gasteiger partial charge in [0, 0.05) is 23.1 Å². The summed E-state index contributed by atoms with van der Waals surface area (Å²) < 4.78 is 21.7. The molecule has 3 atom stereocenters. The zero-order valence-corrected chi connectivity index (χ0v) is 12.9. The highest BCUT2D eigenvalue weighted by molar-refractivity contribution is 6.30. The molecule has 0 spiro atoms. The quantitative estimate of drug-likeness (QED) is 0.855. The van der Waals surface area contributed by atoms with E-state index in [9.17, 15) is 4.79 Å². The average molecular weight is 336 g/mol. The highest BCUT2D eigenvalue weighted by atomic mass is 35.5. The molecule has 2 fully saturated rings. The van der Waals surface area contributed by atoms with Gasteiger partial charge in [-0.3, -0.25) is 4.79 Å². The minimum Gasteiger partial charge on any atom is -0.367 e. The summed E-state index contributed by atoms with van der Waals surface area (Å²) in [7, 11) is 0. The van der Waals surface area contributed by atoms with Crippen LogP contribution in [0.4, 0.5) is 0 Å². The fourth-order valence-corrected chi connectivity index (χ4v) is 2.83. The summed E-state index contributed by atoms with van der Waals surface area (Å²) in [6, 6.07) is 9.14. The van der Waals surface area contributed by atoms with E-state index < -0.39 is 6.29 Å². The van der Waals surface area contributed by atoms with Crippen molar-refractivity contribution in [1.29, 1.82) is 0 Å². The molecule has 1 aromatic heterocycles. The van der Waals surface area contributed by atoms with Crippen LogP contribution in [-0.2, 0) is 25.6 Å². The number of halogens is 1. The lowest BCUT2D eigenvalue weighted by molar-refractivity contribution is -0.168. The summed E-state index contributed by atoms with van der Waals surface area (Å²) in [5.74, 6) is 0.506. The van der Waals surface area contributed by atoms with E-state index in [1.807, 2.05) is 18.2 Å². The van der Waals surface area contributed by atoms with Gasteiger partial charge in [-0.1, -0.05) is 28.9 Å². The van der Waals surface area contributed by atoms with Crippen LogP contribution in [0.25, 0.3) is 11.3 Å². The van der Waals surface area contributed by atoms with E-state index >= 15 is 0 Å². The number of benzene rings is 1. The van der Waals surface area contributed by atoms with Crippen LogP contribution in [-0.4, -0.2) is 36.0 Å². The Labute approximate surface area is 137 Å². The van der Waals surface area contributed by atoms with Gasteiger partial charge in [0.05, 0.1) is 12.7 Å². The molecule has 120 valence electrons. The van der Waals surface area contributed by atoms with Gasteiger partial charge in [0.25, 0.3) is 0 Å². The van der Waals surface area contributed by atoms with Crippen LogP contribution < -0.4 is 0 Å². The SMILES string of the molecule is O=C1C[C@H](OCc2cc(-c3ccc(Cl)cc3)no2)[C@H]2CO[C@@H]1O2. The number of Topliss-reactive ketones (excluding diaryl/α,β-unsaturated/α-hetero) is 1. The second-order valence-electron chi connectivity index (χ2n) is 5.55. The molecule has 2 aromatic rings. The molecule has 0 saturated carbocycles. The Morgan fingerprint density at radius 1 is 1.30 bits per heavy atom. The van der Waals surface area contributed by atoms with E-state index in [1.165, 1.54) is 0 Å². The molecule has 2 saturated heterocycles. The smallest absolute Gasteiger partial charge is 0.218 e. The van der Waals surface area contributed by atoms with Crippen LogP contribution in [0, 0.1) is 0 Å². The summed E-state index contributed by atoms with van der Waals surface area (Å²) in [6.45, 7) is 0.608. The van der Waals surface area contributed by atoms with Gasteiger partial charge in [-0.15, -0.1) is 0 Å². The van der Waals surface area contributed by atoms with Crippen molar-refractivity contribution in [2.24, 2.45) is 0 Å². The fourth-order valence-electron chi connectivity index (χ4n) is 2.70. The lowest BCUT2D eigenvalue weighted by Crippen LogP contribution is -2.40. The third kappa shape index (κ3) is 3.03. The Morgan fingerprint density at radius 3 is 2.96 bits per heavy atom. The number of rotatable bonds is 4. The summed E-state index contributed by atoms with van der Waals surface area (Å²) in [4.78, 5) is 11.7. The van der Waals surface area contributed by atoms with Gasteiger partial charge in [-0.25, -0.2) is 0 Å². The molecule has 0 N–H and O–H groups in total. The highest BCUT2D eigenvalue weighted by Gasteiger charge is 2.43. The third-order valence-corrected chi connectivity index (χ3v) is 4.18. The predicted octanol–water partition coefficient (Wildman–Crippen LogP) is 2.59. The van der Waals surface area contributed by atoms with Crippen LogP contribution in [0.3, 0.4) is 0 Å². The van der Waals surface area contributed by atoms with E-state index in [0.717, 1.165) is 5.56 Å². The molecule has 7 heteroatoms. The monoisotopic (exact) mass is 335 g/mol. The standard InChI is InChI=1S/C16H14ClNO5/c17-10-3-1-9(2-4-10)12-5-11(23-18-12)7-20-14-6-13(19)16-21-8-15(14)22-16/h1-5,14-16H,6-8H2/t14-,15+,16+/m0/s1. The maximum atomic E-state index is 11.7. The summed E-state index contributed by atoms with van der Waals surface area (Å²) in [5.41, 5.74) is 1.62. The third-order valence-electron chi connectivity index (χ3n) is 3.93. The van der Waals surface area contributed by atoms with E-state index in [0.29, 0.717) is 29.5 Å². The van der Waals surface area contributed by atoms with Crippen LogP contribution >= 0.6 is 11.6 Å². The number of nitrogens with zero attached hydrogens (tertiary/aromatic N) is 1. The molecule has 6 nitrogen and oxygen atoms in total. The Balaban J connectivity index is 1.40. The lowest BCUT2D eigenvalue weighted by Gasteiger charge is -2.25. The maximum Gasteiger partial charge on any atom is 0.218 e. The number of aromatic nitrogens is 1. The van der Waals surface area contributed by atoms with Crippen molar-refractivity contribution in [3.05, 3.63) is 41.1 Å². The second-order valence-corrected chi connectivity index (χ2v) is 5.98. The van der Waals surface area contributed by atoms with Gasteiger partial charge in [0.1, 0.15) is 18.4 Å². The van der Waals surface area contributed by atoms with Gasteiger partial charge < -0.3 is 18.7 Å². The number of carbonyl (C=O) groups is 1. The minimum atomic E-state index is -0.707. The van der Waals surface area contributed by atoms with Crippen molar-refractivity contribution < 1.29 is 23.5 Å². The van der Waals surface area contributed by atoms with Crippen LogP contribution in [0.1, 0.15) is 12.2 Å². The van der Waals surface area contributed by atoms with Crippen molar-refractivity contribution in [2.75, 3.05) is 6.61 Å². The van der Waals surface area contributed by atoms with Gasteiger partial charge >= 0.3 is 0 Å². The predicted molar refractivity (Wildman–Crippen MR) is 79.8 cm³/mol. The van der Waals surface area contributed by atoms with Gasteiger partial charge in [0.15, 0.2) is 11.5 Å². The molecule has 3 heterocycles. The Hall–Kier alpha value is -1.73. The summed E-state index contributed by atoms with van der Waals surface area (Å²) >= 11 is 5.87. The molecule has 23 heavy (non-hydrogen) atoms. The Kier molecular flexibility index (Phi) is 3.90. The number of ether oxygens (including phenoxy) is 3. The second kappa shape index (κ2) is 6.05. The molecule has 2 aliphatic heterocycles. The van der Waals surface area contributed by atoms with Crippen LogP contribution in [0.5, 0.6) is 0 Å². The van der Waals surface area contributed by atoms with E-state index in [4.69, 9.17) is 30.3 Å². The number of fused-ring (bicyclic) bond motifs is 2. The molecular formula is C16H14ClNO5. The highest BCUT2D eigenvalue weighted by Crippen LogP contribution is 2.28. The van der Waals surface area contributed by atoms with Crippen molar-refractivity contribution in [3.8, 4) is 11.3 Å². The molecule has 1 aromatic carbocycles. The van der Waals surface area contributed by atoms with Crippen LogP contribution in [0.2, 0.25) is 5.02 Å². The van der Waals surface area contributed by atoms with E-state index in [-0.39, 0.29) is 24.6 Å². The molecule has 0 aliphatic carbocycles. The van der Waals surface area contributed by atoms with Gasteiger partial charge in [-0.2, -0.15) is 0 Å². The fraction of sp³-hybridized carbons (Fsp3) is 0.375. The Bertz CT molecular complexity index is 714. The number of hydrogen-bond donors (Lipinski definition) is 0. The van der Waals surface area contributed by atoms with E-state index in [2.05, 4.69) is 5.16 Å². The molecule has 0 unspecified atom stereocenters. The zero-order chi connectivity index (χ0) is 15.8. The van der Waals surface area contributed by atoms with Gasteiger partial charge in [-0.05, 0) is 12.1 Å². The average Bonchev–Trinajstić information content (AvgIpc) is 3.19. The lowest BCUT2D eigenvalue weighted by atomic mass is 10.1. The van der Waals surface area contributed by atoms with Crippen molar-refractivity contribution in [1.82, 2.24) is 5.16 Å². The number of ketones is 1. The molecule has 0 amide bonds. The first-order chi connectivity index (χ1) is 11.2. The summed E-state index contributed by atoms with van der Waals surface area (Å²) in [6.07, 6.45) is -0.920. The van der Waals surface area contributed by atoms with Crippen molar-refractivity contribution >= 4 is 17.4 Å². The minimum absolute atomic E-state index is 0.0804. The number of hydrogen-bond acceptors (Lipinski definition) is 6. The maximum absolute atomic E-state index is 11.7. The number of carbonyl (C=O) groups excluding carboxylic acids is 1. The van der Waals surface area contributed by atoms with Crippen molar-refractivity contribution in [2.45, 2.75) is 31.5 Å². The topological polar surface area (TPSA) is 70.8 Å². The normalized spacial score (nSPS) is 26.7. The largest absolute Gasteiger partial charge is 0.367 e. The zero-order valence-electron chi connectivity index (χ0n) is 12.1. The van der Waals surface area contributed by atoms with Gasteiger partial charge in [0.2, 0.25) is 6.29 Å². The molecule has 2 aliphatic rings. The van der Waals surface area contributed by atoms with Crippen molar-refractivity contribution in [3.63, 3.8) is 0 Å². The molecule has 2 bridgehead atoms. The first-order valence-corrected chi connectivity index (χ1v) is 7.70. The molecular weight excluding hydrogens is 322 g/mol. The molecule has 0 radical (unpaired) electrons. The molecule has 4 rings (SSSR count). The Morgan fingerprint density at radius 2 is 2.13 bits per heavy atom. The first kappa shape index (κ1) is 14.8. The van der Waals surface area contributed by atoms with E-state index in [1.54, 1.807) is 12.1 Å². The first-order valence-electron chi connectivity index (χ1n) is 7.32. The summed E-state index contributed by atoms with van der Waals surface area (Å²) in [5, 5.41) is 4.69.